The zero-order valence-corrected chi connectivity index (χ0v) is 15.8. The smallest absolute Gasteiger partial charge is 0.194 e. The summed E-state index contributed by atoms with van der Waals surface area (Å²) in [5, 5.41) is 7.02. The second-order valence-corrected chi connectivity index (χ2v) is 7.58. The Bertz CT molecular complexity index is 1330. The molecule has 1 nitrogen and oxygen atoms in total. The maximum atomic E-state index is 13.7. The summed E-state index contributed by atoms with van der Waals surface area (Å²) >= 11 is 0. The lowest BCUT2D eigenvalue weighted by molar-refractivity contribution is 0.103. The van der Waals surface area contributed by atoms with Crippen LogP contribution in [0.2, 0.25) is 0 Å². The monoisotopic (exact) mass is 348 g/mol. The minimum atomic E-state index is 0.115. The molecule has 0 unspecified atom stereocenters. The molecular weight excluding hydrogens is 328 g/mol. The van der Waals surface area contributed by atoms with Crippen LogP contribution in [0.1, 0.15) is 32.6 Å². The number of rotatable bonds is 2. The minimum absolute atomic E-state index is 0.115. The van der Waals surface area contributed by atoms with Crippen molar-refractivity contribution in [2.24, 2.45) is 0 Å². The third-order valence-electron chi connectivity index (χ3n) is 5.66. The van der Waals surface area contributed by atoms with Gasteiger partial charge in [0.05, 0.1) is 0 Å². The maximum absolute atomic E-state index is 13.7. The molecule has 0 amide bonds. The Labute approximate surface area is 158 Å². The van der Waals surface area contributed by atoms with Crippen molar-refractivity contribution >= 4 is 38.1 Å². The molecule has 0 fully saturated rings. The van der Waals surface area contributed by atoms with Crippen LogP contribution in [0.5, 0.6) is 0 Å². The summed E-state index contributed by atoms with van der Waals surface area (Å²) in [6.45, 7) is 6.14. The molecule has 0 saturated heterocycles. The van der Waals surface area contributed by atoms with Crippen LogP contribution in [0.15, 0.2) is 66.7 Å². The summed E-state index contributed by atoms with van der Waals surface area (Å²) < 4.78 is 0. The first kappa shape index (κ1) is 16.0. The molecule has 5 rings (SSSR count). The second-order valence-electron chi connectivity index (χ2n) is 7.58. The topological polar surface area (TPSA) is 17.1 Å². The second kappa shape index (κ2) is 5.65. The Balaban J connectivity index is 1.90. The van der Waals surface area contributed by atoms with E-state index in [1.165, 1.54) is 27.1 Å². The molecule has 0 N–H and O–H groups in total. The van der Waals surface area contributed by atoms with Crippen LogP contribution >= 0.6 is 0 Å². The van der Waals surface area contributed by atoms with E-state index < -0.39 is 0 Å². The molecule has 130 valence electrons. The number of benzene rings is 5. The number of carbonyl (C=O) groups is 1. The van der Waals surface area contributed by atoms with Crippen LogP contribution in [-0.2, 0) is 0 Å². The fraction of sp³-hybridized carbons (Fsp3) is 0.115. The Hall–Kier alpha value is -3.19. The third kappa shape index (κ3) is 2.28. The highest BCUT2D eigenvalue weighted by Gasteiger charge is 2.20. The predicted octanol–water partition coefficient (Wildman–Crippen LogP) is 6.74. The van der Waals surface area contributed by atoms with Crippen molar-refractivity contribution in [3.05, 3.63) is 94.5 Å². The zero-order valence-electron chi connectivity index (χ0n) is 15.8. The fourth-order valence-corrected chi connectivity index (χ4v) is 4.62. The average molecular weight is 348 g/mol. The Morgan fingerprint density at radius 2 is 1.26 bits per heavy atom. The summed E-state index contributed by atoms with van der Waals surface area (Å²) in [6.07, 6.45) is 0. The molecule has 0 aromatic heterocycles. The van der Waals surface area contributed by atoms with Gasteiger partial charge in [0.15, 0.2) is 5.78 Å². The molecule has 1 heteroatoms. The predicted molar refractivity (Wildman–Crippen MR) is 114 cm³/mol. The molecule has 5 aromatic rings. The molecule has 0 bridgehead atoms. The van der Waals surface area contributed by atoms with Crippen LogP contribution in [0, 0.1) is 20.8 Å². The van der Waals surface area contributed by atoms with Crippen LogP contribution in [-0.4, -0.2) is 5.78 Å². The average Bonchev–Trinajstić information content (AvgIpc) is 2.65. The summed E-state index contributed by atoms with van der Waals surface area (Å²) in [5.74, 6) is 0.115. The number of carbonyl (C=O) groups excluding carboxylic acids is 1. The van der Waals surface area contributed by atoms with E-state index in [0.29, 0.717) is 0 Å². The lowest BCUT2D eigenvalue weighted by Gasteiger charge is -2.16. The van der Waals surface area contributed by atoms with Gasteiger partial charge in [0, 0.05) is 11.1 Å². The van der Waals surface area contributed by atoms with Crippen LogP contribution in [0.25, 0.3) is 32.3 Å². The Morgan fingerprint density at radius 3 is 1.96 bits per heavy atom. The largest absolute Gasteiger partial charge is 0.289 e. The molecule has 0 spiro atoms. The molecule has 0 aliphatic carbocycles. The van der Waals surface area contributed by atoms with Gasteiger partial charge in [-0.15, -0.1) is 0 Å². The molecule has 0 aliphatic heterocycles. The van der Waals surface area contributed by atoms with Gasteiger partial charge in [-0.05, 0) is 70.3 Å². The summed E-state index contributed by atoms with van der Waals surface area (Å²) in [5.41, 5.74) is 4.90. The molecule has 0 atom stereocenters. The lowest BCUT2D eigenvalue weighted by atomic mass is 9.86. The Kier molecular flexibility index (Phi) is 3.35. The van der Waals surface area contributed by atoms with Gasteiger partial charge in [0.2, 0.25) is 0 Å². The van der Waals surface area contributed by atoms with E-state index in [1.807, 2.05) is 19.9 Å². The van der Waals surface area contributed by atoms with E-state index in [0.717, 1.165) is 33.0 Å². The highest BCUT2D eigenvalue weighted by Crippen LogP contribution is 2.37. The maximum Gasteiger partial charge on any atom is 0.194 e. The Morgan fingerprint density at radius 1 is 0.667 bits per heavy atom. The van der Waals surface area contributed by atoms with Gasteiger partial charge in [0.1, 0.15) is 0 Å². The molecule has 0 heterocycles. The number of hydrogen-bond acceptors (Lipinski definition) is 1. The summed E-state index contributed by atoms with van der Waals surface area (Å²) in [4.78, 5) is 13.7. The van der Waals surface area contributed by atoms with Crippen molar-refractivity contribution in [2.45, 2.75) is 20.8 Å². The van der Waals surface area contributed by atoms with Gasteiger partial charge in [-0.3, -0.25) is 4.79 Å². The number of aryl methyl sites for hydroxylation is 3. The number of hydrogen-bond donors (Lipinski definition) is 0. The van der Waals surface area contributed by atoms with E-state index >= 15 is 0 Å². The SMILES string of the molecule is Cc1cc(C)c(C(=O)c2cc3cccc4ccc5cccc2c5c43)c(C)c1. The van der Waals surface area contributed by atoms with E-state index in [1.54, 1.807) is 0 Å². The van der Waals surface area contributed by atoms with Crippen molar-refractivity contribution < 1.29 is 4.79 Å². The van der Waals surface area contributed by atoms with Gasteiger partial charge in [0.25, 0.3) is 0 Å². The van der Waals surface area contributed by atoms with Gasteiger partial charge in [-0.25, -0.2) is 0 Å². The molecule has 5 aromatic carbocycles. The number of ketones is 1. The molecule has 27 heavy (non-hydrogen) atoms. The molecule has 0 aliphatic rings. The van der Waals surface area contributed by atoms with Crippen LogP contribution in [0.3, 0.4) is 0 Å². The minimum Gasteiger partial charge on any atom is -0.289 e. The molecule has 0 saturated carbocycles. The third-order valence-corrected chi connectivity index (χ3v) is 5.66. The van der Waals surface area contributed by atoms with Crippen LogP contribution < -0.4 is 0 Å². The van der Waals surface area contributed by atoms with E-state index in [-0.39, 0.29) is 5.78 Å². The normalized spacial score (nSPS) is 11.7. The van der Waals surface area contributed by atoms with Gasteiger partial charge < -0.3 is 0 Å². The van der Waals surface area contributed by atoms with E-state index in [9.17, 15) is 4.79 Å². The van der Waals surface area contributed by atoms with Crippen molar-refractivity contribution in [2.75, 3.05) is 0 Å². The van der Waals surface area contributed by atoms with E-state index in [2.05, 4.69) is 67.6 Å². The lowest BCUT2D eigenvalue weighted by Crippen LogP contribution is -2.08. The first-order valence-corrected chi connectivity index (χ1v) is 9.33. The van der Waals surface area contributed by atoms with Crippen molar-refractivity contribution in [3.63, 3.8) is 0 Å². The summed E-state index contributed by atoms with van der Waals surface area (Å²) in [6, 6.07) is 23.2. The van der Waals surface area contributed by atoms with Crippen molar-refractivity contribution in [1.29, 1.82) is 0 Å². The fourth-order valence-electron chi connectivity index (χ4n) is 4.62. The van der Waals surface area contributed by atoms with Crippen LogP contribution in [0.4, 0.5) is 0 Å². The molecule has 0 radical (unpaired) electrons. The first-order valence-electron chi connectivity index (χ1n) is 9.33. The van der Waals surface area contributed by atoms with E-state index in [4.69, 9.17) is 0 Å². The standard InChI is InChI=1S/C26H20O/c1-15-12-16(2)23(17(3)13-15)26(27)22-14-20-8-4-6-18-10-11-19-7-5-9-21(22)25(19)24(18)20/h4-14H,1-3H3. The van der Waals surface area contributed by atoms with Crippen molar-refractivity contribution in [1.82, 2.24) is 0 Å². The highest BCUT2D eigenvalue weighted by molar-refractivity contribution is 6.29. The highest BCUT2D eigenvalue weighted by atomic mass is 16.1. The van der Waals surface area contributed by atoms with Gasteiger partial charge >= 0.3 is 0 Å². The molecular formula is C26H20O. The van der Waals surface area contributed by atoms with Gasteiger partial charge in [-0.1, -0.05) is 66.2 Å². The first-order chi connectivity index (χ1) is 13.0. The zero-order chi connectivity index (χ0) is 18.7. The van der Waals surface area contributed by atoms with Crippen molar-refractivity contribution in [3.8, 4) is 0 Å². The summed E-state index contributed by atoms with van der Waals surface area (Å²) in [7, 11) is 0. The van der Waals surface area contributed by atoms with Gasteiger partial charge in [-0.2, -0.15) is 0 Å². The quantitative estimate of drug-likeness (QED) is 0.255.